The van der Waals surface area contributed by atoms with Crippen molar-refractivity contribution in [2.45, 2.75) is 56.8 Å². The highest BCUT2D eigenvalue weighted by molar-refractivity contribution is 7.85. The zero-order valence-electron chi connectivity index (χ0n) is 11.7. The summed E-state index contributed by atoms with van der Waals surface area (Å²) < 4.78 is 12.5. The molecule has 0 aromatic heterocycles. The number of aliphatic hydroxyl groups is 1. The molecule has 0 aliphatic rings. The Morgan fingerprint density at radius 1 is 1.22 bits per heavy atom. The van der Waals surface area contributed by atoms with Crippen molar-refractivity contribution in [1.82, 2.24) is 0 Å². The molecule has 1 N–H and O–H groups in total. The molecule has 1 rings (SSSR count). The van der Waals surface area contributed by atoms with Gasteiger partial charge < -0.3 is 5.11 Å². The monoisotopic (exact) mass is 268 g/mol. The van der Waals surface area contributed by atoms with E-state index in [-0.39, 0.29) is 5.25 Å². The fourth-order valence-electron chi connectivity index (χ4n) is 2.05. The van der Waals surface area contributed by atoms with E-state index in [4.69, 9.17) is 0 Å². The predicted molar refractivity (Wildman–Crippen MR) is 77.1 cm³/mol. The molecule has 1 aromatic carbocycles. The first-order chi connectivity index (χ1) is 8.45. The molecule has 1 aromatic rings. The van der Waals surface area contributed by atoms with Crippen molar-refractivity contribution < 1.29 is 9.32 Å². The molecule has 2 nitrogen and oxygen atoms in total. The van der Waals surface area contributed by atoms with Gasteiger partial charge in [-0.15, -0.1) is 0 Å². The van der Waals surface area contributed by atoms with Gasteiger partial charge in [0.2, 0.25) is 0 Å². The van der Waals surface area contributed by atoms with Gasteiger partial charge in [-0.25, -0.2) is 0 Å². The zero-order chi connectivity index (χ0) is 13.7. The minimum Gasteiger partial charge on any atom is -0.392 e. The lowest BCUT2D eigenvalue weighted by Crippen LogP contribution is -2.31. The summed E-state index contributed by atoms with van der Waals surface area (Å²) in [6.45, 7) is 8.15. The van der Waals surface area contributed by atoms with Crippen LogP contribution in [0.5, 0.6) is 0 Å². The first-order valence-electron chi connectivity index (χ1n) is 6.61. The quantitative estimate of drug-likeness (QED) is 0.859. The van der Waals surface area contributed by atoms with Crippen molar-refractivity contribution in [1.29, 1.82) is 0 Å². The smallest absolute Gasteiger partial charge is 0.0689 e. The third kappa shape index (κ3) is 4.21. The van der Waals surface area contributed by atoms with Crippen LogP contribution in [0.3, 0.4) is 0 Å². The molecule has 2 unspecified atom stereocenters. The molecule has 0 radical (unpaired) electrons. The molecule has 3 atom stereocenters. The molecule has 0 aliphatic carbocycles. The van der Waals surface area contributed by atoms with Gasteiger partial charge in [-0.2, -0.15) is 0 Å². The summed E-state index contributed by atoms with van der Waals surface area (Å²) in [4.78, 5) is 0.815. The van der Waals surface area contributed by atoms with Crippen LogP contribution < -0.4 is 0 Å². The Morgan fingerprint density at radius 3 is 2.22 bits per heavy atom. The van der Waals surface area contributed by atoms with Crippen molar-refractivity contribution in [3.63, 3.8) is 0 Å². The number of hydrogen-bond donors (Lipinski definition) is 1. The number of rotatable bonds is 6. The summed E-state index contributed by atoms with van der Waals surface area (Å²) in [6.07, 6.45) is 0.946. The third-order valence-electron chi connectivity index (χ3n) is 3.07. The lowest BCUT2D eigenvalue weighted by molar-refractivity contribution is 0.143. The second-order valence-electron chi connectivity index (χ2n) is 5.25. The zero-order valence-corrected chi connectivity index (χ0v) is 12.5. The van der Waals surface area contributed by atoms with Crippen molar-refractivity contribution >= 4 is 10.8 Å². The average molecular weight is 268 g/mol. The van der Waals surface area contributed by atoms with Gasteiger partial charge >= 0.3 is 0 Å². The Labute approximate surface area is 113 Å². The van der Waals surface area contributed by atoms with Crippen molar-refractivity contribution in [2.24, 2.45) is 5.92 Å². The molecule has 0 amide bonds. The topological polar surface area (TPSA) is 37.3 Å². The molecule has 0 saturated carbocycles. The van der Waals surface area contributed by atoms with Crippen LogP contribution in [0.15, 0.2) is 29.2 Å². The highest BCUT2D eigenvalue weighted by Crippen LogP contribution is 2.21. The fraction of sp³-hybridized carbons (Fsp3) is 0.600. The van der Waals surface area contributed by atoms with Gasteiger partial charge in [0.25, 0.3) is 0 Å². The Bertz CT molecular complexity index is 384. The van der Waals surface area contributed by atoms with Crippen LogP contribution in [-0.4, -0.2) is 20.7 Å². The van der Waals surface area contributed by atoms with Crippen LogP contribution in [0.1, 0.15) is 39.2 Å². The van der Waals surface area contributed by atoms with Crippen LogP contribution >= 0.6 is 0 Å². The Kier molecular flexibility index (Phi) is 6.03. The fourth-order valence-corrected chi connectivity index (χ4v) is 3.50. The minimum absolute atomic E-state index is 0.171. The van der Waals surface area contributed by atoms with Crippen LogP contribution in [0, 0.1) is 12.8 Å². The summed E-state index contributed by atoms with van der Waals surface area (Å²) in [5.74, 6) is 0.420. The van der Waals surface area contributed by atoms with Crippen LogP contribution in [0.25, 0.3) is 0 Å². The van der Waals surface area contributed by atoms with Crippen LogP contribution in [0.4, 0.5) is 0 Å². The Balaban J connectivity index is 2.81. The summed E-state index contributed by atoms with van der Waals surface area (Å²) >= 11 is 0. The van der Waals surface area contributed by atoms with Gasteiger partial charge in [-0.3, -0.25) is 4.21 Å². The van der Waals surface area contributed by atoms with Crippen LogP contribution in [-0.2, 0) is 10.8 Å². The SMILES string of the molecule is CCC([C@@H](O)CC(C)C)S(=O)c1ccc(C)cc1. The van der Waals surface area contributed by atoms with Gasteiger partial charge in [-0.1, -0.05) is 38.5 Å². The normalized spacial score (nSPS) is 16.6. The van der Waals surface area contributed by atoms with E-state index in [0.717, 1.165) is 16.9 Å². The van der Waals surface area contributed by atoms with Gasteiger partial charge in [0.1, 0.15) is 0 Å². The molecule has 0 fully saturated rings. The van der Waals surface area contributed by atoms with Gasteiger partial charge in [-0.05, 0) is 37.8 Å². The second kappa shape index (κ2) is 7.05. The highest BCUT2D eigenvalue weighted by atomic mass is 32.2. The molecule has 0 spiro atoms. The largest absolute Gasteiger partial charge is 0.392 e. The van der Waals surface area contributed by atoms with E-state index in [1.807, 2.05) is 38.1 Å². The standard InChI is InChI=1S/C15H24O2S/c1-5-15(14(16)10-11(2)3)18(17)13-8-6-12(4)7-9-13/h6-9,11,14-16H,5,10H2,1-4H3/t14-,15?,18?/m0/s1. The van der Waals surface area contributed by atoms with E-state index in [9.17, 15) is 9.32 Å². The number of aliphatic hydroxyl groups excluding tert-OH is 1. The number of benzene rings is 1. The maximum atomic E-state index is 12.5. The summed E-state index contributed by atoms with van der Waals surface area (Å²) in [5.41, 5.74) is 1.16. The average Bonchev–Trinajstić information content (AvgIpc) is 2.29. The maximum absolute atomic E-state index is 12.5. The third-order valence-corrected chi connectivity index (χ3v) is 5.01. The Hall–Kier alpha value is -0.670. The molecular weight excluding hydrogens is 244 g/mol. The van der Waals surface area contributed by atoms with E-state index in [2.05, 4.69) is 13.8 Å². The molecule has 0 heterocycles. The highest BCUT2D eigenvalue weighted by Gasteiger charge is 2.25. The summed E-state index contributed by atoms with van der Waals surface area (Å²) in [5, 5.41) is 10.0. The van der Waals surface area contributed by atoms with Gasteiger partial charge in [0.15, 0.2) is 0 Å². The predicted octanol–water partition coefficient (Wildman–Crippen LogP) is 3.29. The first-order valence-corrected chi connectivity index (χ1v) is 7.82. The molecule has 3 heteroatoms. The van der Waals surface area contributed by atoms with E-state index in [0.29, 0.717) is 12.3 Å². The molecule has 0 saturated heterocycles. The molecule has 0 aliphatic heterocycles. The lowest BCUT2D eigenvalue weighted by atomic mass is 10.0. The second-order valence-corrected chi connectivity index (χ2v) is 6.93. The van der Waals surface area contributed by atoms with E-state index < -0.39 is 16.9 Å². The van der Waals surface area contributed by atoms with E-state index >= 15 is 0 Å². The first kappa shape index (κ1) is 15.4. The maximum Gasteiger partial charge on any atom is 0.0689 e. The summed E-state index contributed by atoms with van der Waals surface area (Å²) in [6, 6.07) is 7.73. The number of aryl methyl sites for hydroxylation is 1. The van der Waals surface area contributed by atoms with E-state index in [1.54, 1.807) is 0 Å². The molecule has 0 bridgehead atoms. The van der Waals surface area contributed by atoms with Crippen molar-refractivity contribution in [2.75, 3.05) is 0 Å². The van der Waals surface area contributed by atoms with Crippen molar-refractivity contribution in [3.05, 3.63) is 29.8 Å². The molecule has 18 heavy (non-hydrogen) atoms. The minimum atomic E-state index is -1.13. The molecule has 102 valence electrons. The molecular formula is C15H24O2S. The van der Waals surface area contributed by atoms with Crippen LogP contribution in [0.2, 0.25) is 0 Å². The number of hydrogen-bond acceptors (Lipinski definition) is 2. The summed E-state index contributed by atoms with van der Waals surface area (Å²) in [7, 11) is -1.13. The lowest BCUT2D eigenvalue weighted by Gasteiger charge is -2.22. The van der Waals surface area contributed by atoms with Gasteiger partial charge in [0.05, 0.1) is 22.2 Å². The van der Waals surface area contributed by atoms with E-state index in [1.165, 1.54) is 0 Å². The van der Waals surface area contributed by atoms with Gasteiger partial charge in [0, 0.05) is 4.90 Å². The van der Waals surface area contributed by atoms with Crippen molar-refractivity contribution in [3.8, 4) is 0 Å². The Morgan fingerprint density at radius 2 is 1.78 bits per heavy atom.